The third kappa shape index (κ3) is 1.78. The van der Waals surface area contributed by atoms with E-state index in [1.165, 1.54) is 0 Å². The quantitative estimate of drug-likeness (QED) is 0.828. The highest BCUT2D eigenvalue weighted by atomic mass is 79.9. The van der Waals surface area contributed by atoms with E-state index in [0.717, 1.165) is 13.1 Å². The highest BCUT2D eigenvalue weighted by Gasteiger charge is 2.19. The van der Waals surface area contributed by atoms with Gasteiger partial charge in [-0.1, -0.05) is 6.07 Å². The first-order valence-corrected chi connectivity index (χ1v) is 4.91. The lowest BCUT2D eigenvalue weighted by molar-refractivity contribution is 0.141. The molecule has 0 spiro atoms. The van der Waals surface area contributed by atoms with Crippen molar-refractivity contribution in [2.45, 2.75) is 6.10 Å². The Labute approximate surface area is 84.8 Å². The molecule has 0 aliphatic carbocycles. The number of hydrogen-bond acceptors (Lipinski definition) is 3. The van der Waals surface area contributed by atoms with Gasteiger partial charge < -0.3 is 15.2 Å². The number of phenolic OH excluding ortho intramolecular Hbond substituents is 1. The molecular formula is C9H10BrNO2. The monoisotopic (exact) mass is 243 g/mol. The molecule has 3 nitrogen and oxygen atoms in total. The molecule has 1 heterocycles. The molecule has 1 fully saturated rings. The van der Waals surface area contributed by atoms with E-state index < -0.39 is 0 Å². The summed E-state index contributed by atoms with van der Waals surface area (Å²) in [7, 11) is 0. The summed E-state index contributed by atoms with van der Waals surface area (Å²) in [6.07, 6.45) is 0.234. The summed E-state index contributed by atoms with van der Waals surface area (Å²) < 4.78 is 6.22. The van der Waals surface area contributed by atoms with E-state index in [4.69, 9.17) is 4.74 Å². The minimum absolute atomic E-state index is 0.213. The minimum Gasteiger partial charge on any atom is -0.507 e. The smallest absolute Gasteiger partial charge is 0.137 e. The first-order chi connectivity index (χ1) is 6.27. The Bertz CT molecular complexity index is 312. The van der Waals surface area contributed by atoms with Crippen LogP contribution >= 0.6 is 15.9 Å². The summed E-state index contributed by atoms with van der Waals surface area (Å²) in [5.74, 6) is 0.913. The third-order valence-electron chi connectivity index (χ3n) is 1.98. The molecule has 2 N–H and O–H groups in total. The summed E-state index contributed by atoms with van der Waals surface area (Å²) in [6.45, 7) is 1.75. The molecule has 1 aliphatic heterocycles. The van der Waals surface area contributed by atoms with Crippen molar-refractivity contribution < 1.29 is 9.84 Å². The fourth-order valence-electron chi connectivity index (χ4n) is 1.12. The zero-order valence-corrected chi connectivity index (χ0v) is 8.54. The number of aromatic hydroxyl groups is 1. The minimum atomic E-state index is 0.213. The molecule has 1 aromatic rings. The molecule has 0 saturated carbocycles. The molecular weight excluding hydrogens is 234 g/mol. The summed E-state index contributed by atoms with van der Waals surface area (Å²) in [5, 5.41) is 12.5. The number of nitrogens with one attached hydrogen (secondary N) is 1. The molecule has 1 saturated heterocycles. The van der Waals surface area contributed by atoms with Gasteiger partial charge in [-0.25, -0.2) is 0 Å². The van der Waals surface area contributed by atoms with E-state index in [1.807, 2.05) is 6.07 Å². The summed E-state index contributed by atoms with van der Waals surface area (Å²) in [5.41, 5.74) is 0. The van der Waals surface area contributed by atoms with Crippen LogP contribution in [0.15, 0.2) is 22.7 Å². The molecule has 1 aromatic carbocycles. The van der Waals surface area contributed by atoms with Gasteiger partial charge in [0, 0.05) is 13.1 Å². The molecule has 0 atom stereocenters. The van der Waals surface area contributed by atoms with E-state index in [2.05, 4.69) is 21.2 Å². The number of benzene rings is 1. The zero-order valence-electron chi connectivity index (χ0n) is 6.96. The van der Waals surface area contributed by atoms with Crippen molar-refractivity contribution in [1.29, 1.82) is 0 Å². The van der Waals surface area contributed by atoms with Crippen molar-refractivity contribution in [2.75, 3.05) is 13.1 Å². The van der Waals surface area contributed by atoms with Crippen LogP contribution in [0.5, 0.6) is 11.5 Å². The Hall–Kier alpha value is -0.740. The lowest BCUT2D eigenvalue weighted by atomic mass is 10.2. The van der Waals surface area contributed by atoms with Crippen LogP contribution in [-0.2, 0) is 0 Å². The van der Waals surface area contributed by atoms with Gasteiger partial charge in [-0.2, -0.15) is 0 Å². The zero-order chi connectivity index (χ0) is 9.26. The van der Waals surface area contributed by atoms with Crippen molar-refractivity contribution >= 4 is 15.9 Å². The second kappa shape index (κ2) is 3.55. The van der Waals surface area contributed by atoms with Gasteiger partial charge in [-0.3, -0.25) is 0 Å². The average molecular weight is 244 g/mol. The second-order valence-corrected chi connectivity index (χ2v) is 3.78. The Morgan fingerprint density at radius 1 is 1.46 bits per heavy atom. The molecule has 0 unspecified atom stereocenters. The van der Waals surface area contributed by atoms with Crippen LogP contribution < -0.4 is 10.1 Å². The molecule has 13 heavy (non-hydrogen) atoms. The van der Waals surface area contributed by atoms with E-state index in [-0.39, 0.29) is 11.9 Å². The normalized spacial score (nSPS) is 16.7. The predicted molar refractivity (Wildman–Crippen MR) is 53.1 cm³/mol. The maximum atomic E-state index is 9.36. The number of phenols is 1. The lowest BCUT2D eigenvalue weighted by Crippen LogP contribution is -2.50. The van der Waals surface area contributed by atoms with Gasteiger partial charge in [0.1, 0.15) is 22.1 Å². The number of halogens is 1. The van der Waals surface area contributed by atoms with Gasteiger partial charge in [0.05, 0.1) is 0 Å². The van der Waals surface area contributed by atoms with Gasteiger partial charge in [0.25, 0.3) is 0 Å². The molecule has 4 heteroatoms. The predicted octanol–water partition coefficient (Wildman–Crippen LogP) is 1.51. The second-order valence-electron chi connectivity index (χ2n) is 2.99. The van der Waals surface area contributed by atoms with Gasteiger partial charge in [-0.15, -0.1) is 0 Å². The fraction of sp³-hybridized carbons (Fsp3) is 0.333. The number of ether oxygens (including phenoxy) is 1. The van der Waals surface area contributed by atoms with Crippen LogP contribution in [0.2, 0.25) is 0 Å². The summed E-state index contributed by atoms with van der Waals surface area (Å²) in [6, 6.07) is 5.22. The first-order valence-electron chi connectivity index (χ1n) is 4.12. The van der Waals surface area contributed by atoms with Crippen molar-refractivity contribution in [1.82, 2.24) is 5.32 Å². The van der Waals surface area contributed by atoms with Crippen LogP contribution in [-0.4, -0.2) is 24.3 Å². The van der Waals surface area contributed by atoms with E-state index in [1.54, 1.807) is 12.1 Å². The van der Waals surface area contributed by atoms with Crippen LogP contribution in [0.25, 0.3) is 0 Å². The number of rotatable bonds is 2. The maximum absolute atomic E-state index is 9.36. The Morgan fingerprint density at radius 2 is 2.23 bits per heavy atom. The Kier molecular flexibility index (Phi) is 2.42. The van der Waals surface area contributed by atoms with Gasteiger partial charge in [-0.05, 0) is 28.1 Å². The van der Waals surface area contributed by atoms with Crippen LogP contribution in [0, 0.1) is 0 Å². The Morgan fingerprint density at radius 3 is 2.85 bits per heavy atom. The van der Waals surface area contributed by atoms with E-state index in [9.17, 15) is 5.11 Å². The van der Waals surface area contributed by atoms with Gasteiger partial charge in [0.15, 0.2) is 0 Å². The maximum Gasteiger partial charge on any atom is 0.137 e. The van der Waals surface area contributed by atoms with Crippen LogP contribution in [0.4, 0.5) is 0 Å². The molecule has 70 valence electrons. The number of hydrogen-bond donors (Lipinski definition) is 2. The highest BCUT2D eigenvalue weighted by molar-refractivity contribution is 9.10. The molecule has 0 amide bonds. The summed E-state index contributed by atoms with van der Waals surface area (Å²) >= 11 is 3.27. The van der Waals surface area contributed by atoms with Gasteiger partial charge in [0.2, 0.25) is 0 Å². The van der Waals surface area contributed by atoms with Crippen molar-refractivity contribution in [3.63, 3.8) is 0 Å². The highest BCUT2D eigenvalue weighted by Crippen LogP contribution is 2.33. The molecule has 0 aromatic heterocycles. The summed E-state index contributed by atoms with van der Waals surface area (Å²) in [4.78, 5) is 0. The Balaban J connectivity index is 2.14. The molecule has 1 aliphatic rings. The van der Waals surface area contributed by atoms with Crippen molar-refractivity contribution in [3.8, 4) is 11.5 Å². The van der Waals surface area contributed by atoms with Crippen LogP contribution in [0.1, 0.15) is 0 Å². The third-order valence-corrected chi connectivity index (χ3v) is 2.78. The van der Waals surface area contributed by atoms with E-state index >= 15 is 0 Å². The van der Waals surface area contributed by atoms with Crippen molar-refractivity contribution in [2.24, 2.45) is 0 Å². The van der Waals surface area contributed by atoms with E-state index in [0.29, 0.717) is 10.2 Å². The molecule has 0 radical (unpaired) electrons. The standard InChI is InChI=1S/C9H10BrNO2/c10-9-7(12)2-1-3-8(9)13-6-4-11-5-6/h1-3,6,11-12H,4-5H2. The molecule has 2 rings (SSSR count). The molecule has 0 bridgehead atoms. The van der Waals surface area contributed by atoms with Gasteiger partial charge >= 0.3 is 0 Å². The fourth-order valence-corrected chi connectivity index (χ4v) is 1.47. The largest absolute Gasteiger partial charge is 0.507 e. The first kappa shape index (κ1) is 8.84. The SMILES string of the molecule is Oc1cccc(OC2CNC2)c1Br. The average Bonchev–Trinajstić information content (AvgIpc) is 2.04. The van der Waals surface area contributed by atoms with Crippen LogP contribution in [0.3, 0.4) is 0 Å². The topological polar surface area (TPSA) is 41.5 Å². The lowest BCUT2D eigenvalue weighted by Gasteiger charge is -2.28. The van der Waals surface area contributed by atoms with Crippen molar-refractivity contribution in [3.05, 3.63) is 22.7 Å².